The number of aryl methyl sites for hydroxylation is 2. The zero-order valence-electron chi connectivity index (χ0n) is 22.0. The first-order valence-electron chi connectivity index (χ1n) is 13.3. The van der Waals surface area contributed by atoms with Gasteiger partial charge in [-0.2, -0.15) is 0 Å². The number of amides is 1. The van der Waals surface area contributed by atoms with Crippen molar-refractivity contribution in [2.45, 2.75) is 78.0 Å². The monoisotopic (exact) mass is 495 g/mol. The molecule has 1 aliphatic heterocycles. The second-order valence-electron chi connectivity index (χ2n) is 10.3. The van der Waals surface area contributed by atoms with Crippen molar-refractivity contribution in [3.63, 3.8) is 0 Å². The maximum Gasteiger partial charge on any atom is 0.271 e. The maximum absolute atomic E-state index is 12.2. The summed E-state index contributed by atoms with van der Waals surface area (Å²) < 4.78 is 0. The van der Waals surface area contributed by atoms with E-state index in [9.17, 15) is 9.90 Å². The highest BCUT2D eigenvalue weighted by molar-refractivity contribution is 5.96. The van der Waals surface area contributed by atoms with E-state index >= 15 is 0 Å². The van der Waals surface area contributed by atoms with Gasteiger partial charge < -0.3 is 26.4 Å². The SMILES string of the molecule is CCc1nc(C(N)=O)c(Nc2ccc(N3CCN(C(C)C)CC3)c(C)c2)nc1NC1CCC(O)CC1. The Balaban J connectivity index is 1.54. The minimum atomic E-state index is -0.608. The van der Waals surface area contributed by atoms with E-state index in [1.54, 1.807) is 0 Å². The Hall–Kier alpha value is -2.91. The molecule has 2 fully saturated rings. The topological polar surface area (TPSA) is 120 Å². The summed E-state index contributed by atoms with van der Waals surface area (Å²) in [5.74, 6) is 0.418. The first kappa shape index (κ1) is 26.2. The third-order valence-corrected chi connectivity index (χ3v) is 7.42. The van der Waals surface area contributed by atoms with Gasteiger partial charge in [-0.05, 0) is 76.6 Å². The van der Waals surface area contributed by atoms with Crippen LogP contribution in [0.15, 0.2) is 18.2 Å². The van der Waals surface area contributed by atoms with Crippen molar-refractivity contribution in [2.24, 2.45) is 5.73 Å². The van der Waals surface area contributed by atoms with Gasteiger partial charge in [-0.15, -0.1) is 0 Å². The molecule has 196 valence electrons. The normalized spacial score (nSPS) is 21.0. The minimum absolute atomic E-state index is 0.142. The smallest absolute Gasteiger partial charge is 0.271 e. The maximum atomic E-state index is 12.2. The summed E-state index contributed by atoms with van der Waals surface area (Å²) in [6.45, 7) is 12.7. The molecule has 36 heavy (non-hydrogen) atoms. The molecule has 0 bridgehead atoms. The Kier molecular flexibility index (Phi) is 8.31. The van der Waals surface area contributed by atoms with Crippen molar-refractivity contribution in [3.05, 3.63) is 35.2 Å². The first-order valence-corrected chi connectivity index (χ1v) is 13.3. The van der Waals surface area contributed by atoms with Crippen LogP contribution in [0.1, 0.15) is 68.2 Å². The van der Waals surface area contributed by atoms with Crippen molar-refractivity contribution in [2.75, 3.05) is 41.7 Å². The van der Waals surface area contributed by atoms with Crippen molar-refractivity contribution >= 4 is 28.9 Å². The van der Waals surface area contributed by atoms with Gasteiger partial charge in [0.05, 0.1) is 11.8 Å². The lowest BCUT2D eigenvalue weighted by molar-refractivity contribution is 0.0996. The number of nitrogens with zero attached hydrogens (tertiary/aromatic N) is 4. The quantitative estimate of drug-likeness (QED) is 0.440. The van der Waals surface area contributed by atoms with Crippen molar-refractivity contribution in [3.8, 4) is 0 Å². The number of hydrogen-bond acceptors (Lipinski definition) is 8. The van der Waals surface area contributed by atoms with Gasteiger partial charge >= 0.3 is 0 Å². The number of benzene rings is 1. The van der Waals surface area contributed by atoms with Crippen LogP contribution in [0.5, 0.6) is 0 Å². The minimum Gasteiger partial charge on any atom is -0.393 e. The lowest BCUT2D eigenvalue weighted by Crippen LogP contribution is -2.49. The number of rotatable bonds is 8. The number of aliphatic hydroxyl groups excluding tert-OH is 1. The second-order valence-corrected chi connectivity index (χ2v) is 10.3. The molecular weight excluding hydrogens is 454 g/mol. The average Bonchev–Trinajstić information content (AvgIpc) is 2.85. The Morgan fingerprint density at radius 2 is 1.81 bits per heavy atom. The number of nitrogens with one attached hydrogen (secondary N) is 2. The molecule has 1 aliphatic carbocycles. The van der Waals surface area contributed by atoms with E-state index in [0.717, 1.165) is 63.1 Å². The molecule has 4 rings (SSSR count). The highest BCUT2D eigenvalue weighted by atomic mass is 16.3. The molecule has 0 atom stereocenters. The number of piperazine rings is 1. The van der Waals surface area contributed by atoms with E-state index in [0.29, 0.717) is 29.8 Å². The molecule has 5 N–H and O–H groups in total. The van der Waals surface area contributed by atoms with Gasteiger partial charge in [0.1, 0.15) is 5.82 Å². The number of aromatic nitrogens is 2. The van der Waals surface area contributed by atoms with Crippen molar-refractivity contribution < 1.29 is 9.90 Å². The molecule has 1 amide bonds. The number of carbonyl (C=O) groups is 1. The number of aliphatic hydroxyl groups is 1. The molecule has 1 aromatic carbocycles. The Morgan fingerprint density at radius 3 is 2.39 bits per heavy atom. The van der Waals surface area contributed by atoms with Gasteiger partial charge in [-0.3, -0.25) is 9.69 Å². The third-order valence-electron chi connectivity index (χ3n) is 7.42. The van der Waals surface area contributed by atoms with Crippen molar-refractivity contribution in [1.29, 1.82) is 0 Å². The Bertz CT molecular complexity index is 1060. The molecule has 1 saturated carbocycles. The Labute approximate surface area is 214 Å². The highest BCUT2D eigenvalue weighted by Crippen LogP contribution is 2.29. The van der Waals surface area contributed by atoms with Crippen LogP contribution in [-0.2, 0) is 6.42 Å². The zero-order valence-corrected chi connectivity index (χ0v) is 22.0. The van der Waals surface area contributed by atoms with E-state index in [4.69, 9.17) is 10.7 Å². The fraction of sp³-hybridized carbons (Fsp3) is 0.593. The van der Waals surface area contributed by atoms with E-state index in [2.05, 4.69) is 58.3 Å². The summed E-state index contributed by atoms with van der Waals surface area (Å²) in [5.41, 5.74) is 9.77. The van der Waals surface area contributed by atoms with Crippen LogP contribution in [0.2, 0.25) is 0 Å². The molecule has 0 unspecified atom stereocenters. The zero-order chi connectivity index (χ0) is 25.8. The molecule has 2 heterocycles. The molecule has 2 aliphatic rings. The molecule has 1 aromatic heterocycles. The van der Waals surface area contributed by atoms with Gasteiger partial charge in [0.15, 0.2) is 11.5 Å². The van der Waals surface area contributed by atoms with Gasteiger partial charge in [0.2, 0.25) is 0 Å². The molecule has 2 aromatic rings. The summed E-state index contributed by atoms with van der Waals surface area (Å²) >= 11 is 0. The predicted molar refractivity (Wildman–Crippen MR) is 145 cm³/mol. The van der Waals surface area contributed by atoms with Gasteiger partial charge in [-0.1, -0.05) is 6.92 Å². The summed E-state index contributed by atoms with van der Waals surface area (Å²) in [7, 11) is 0. The Morgan fingerprint density at radius 1 is 1.11 bits per heavy atom. The van der Waals surface area contributed by atoms with E-state index in [1.165, 1.54) is 5.69 Å². The van der Waals surface area contributed by atoms with Crippen LogP contribution >= 0.6 is 0 Å². The molecule has 0 radical (unpaired) electrons. The van der Waals surface area contributed by atoms with Crippen LogP contribution in [0, 0.1) is 6.92 Å². The second kappa shape index (κ2) is 11.4. The lowest BCUT2D eigenvalue weighted by atomic mass is 9.93. The fourth-order valence-corrected chi connectivity index (χ4v) is 5.21. The number of carbonyl (C=O) groups excluding carboxylic acids is 1. The average molecular weight is 496 g/mol. The molecule has 9 nitrogen and oxygen atoms in total. The van der Waals surface area contributed by atoms with Crippen LogP contribution in [0.25, 0.3) is 0 Å². The van der Waals surface area contributed by atoms with Crippen LogP contribution in [0.4, 0.5) is 23.0 Å². The summed E-state index contributed by atoms with van der Waals surface area (Å²) in [6.07, 6.45) is 3.70. The molecular formula is C27H41N7O2. The number of hydrogen-bond donors (Lipinski definition) is 4. The van der Waals surface area contributed by atoms with Crippen molar-refractivity contribution in [1.82, 2.24) is 14.9 Å². The summed E-state index contributed by atoms with van der Waals surface area (Å²) in [4.78, 5) is 26.5. The number of anilines is 4. The van der Waals surface area contributed by atoms with Gasteiger partial charge in [-0.25, -0.2) is 9.97 Å². The molecule has 0 spiro atoms. The molecule has 9 heteroatoms. The lowest BCUT2D eigenvalue weighted by Gasteiger charge is -2.38. The fourth-order valence-electron chi connectivity index (χ4n) is 5.21. The standard InChI is InChI=1S/C27H41N7O2/c1-5-22-26(29-19-6-9-21(35)10-7-19)32-27(24(31-22)25(28)36)30-20-8-11-23(18(4)16-20)34-14-12-33(13-15-34)17(2)3/h8,11,16-17,19,21,35H,5-7,9-10,12-15H2,1-4H3,(H2,28,36)(H2,29,30,32). The summed E-state index contributed by atoms with van der Waals surface area (Å²) in [5, 5.41) is 16.6. The summed E-state index contributed by atoms with van der Waals surface area (Å²) in [6, 6.07) is 7.03. The van der Waals surface area contributed by atoms with Gasteiger partial charge in [0, 0.05) is 49.6 Å². The van der Waals surface area contributed by atoms with Crippen LogP contribution < -0.4 is 21.3 Å². The van der Waals surface area contributed by atoms with E-state index in [-0.39, 0.29) is 17.8 Å². The number of primary amides is 1. The first-order chi connectivity index (χ1) is 17.2. The predicted octanol–water partition coefficient (Wildman–Crippen LogP) is 3.44. The van der Waals surface area contributed by atoms with Crippen LogP contribution in [-0.4, -0.2) is 70.2 Å². The highest BCUT2D eigenvalue weighted by Gasteiger charge is 2.24. The molecule has 1 saturated heterocycles. The van der Waals surface area contributed by atoms with E-state index in [1.807, 2.05) is 13.0 Å². The van der Waals surface area contributed by atoms with Gasteiger partial charge in [0.25, 0.3) is 5.91 Å². The number of nitrogens with two attached hydrogens (primary N) is 1. The van der Waals surface area contributed by atoms with Crippen LogP contribution in [0.3, 0.4) is 0 Å². The van der Waals surface area contributed by atoms with E-state index < -0.39 is 5.91 Å². The largest absolute Gasteiger partial charge is 0.393 e. The third kappa shape index (κ3) is 6.07.